The van der Waals surface area contributed by atoms with Gasteiger partial charge >= 0.3 is 0 Å². The molecule has 0 spiro atoms. The highest BCUT2D eigenvalue weighted by molar-refractivity contribution is 5.75. The van der Waals surface area contributed by atoms with E-state index in [1.807, 2.05) is 6.92 Å². The lowest BCUT2D eigenvalue weighted by atomic mass is 9.80. The summed E-state index contributed by atoms with van der Waals surface area (Å²) in [6, 6.07) is 2.64. The maximum atomic E-state index is 13.5. The number of hydrogen-bond donors (Lipinski definition) is 1. The van der Waals surface area contributed by atoms with Crippen LogP contribution in [-0.4, -0.2) is 22.7 Å². The van der Waals surface area contributed by atoms with Crippen LogP contribution in [0.2, 0.25) is 0 Å². The van der Waals surface area contributed by atoms with Crippen LogP contribution >= 0.6 is 0 Å². The third-order valence-corrected chi connectivity index (χ3v) is 3.67. The fraction of sp³-hybridized carbons (Fsp3) is 0.500. The molecule has 1 aliphatic rings. The largest absolute Gasteiger partial charge is 0.378 e. The molecule has 0 atom stereocenters. The van der Waals surface area contributed by atoms with Gasteiger partial charge in [0.15, 0.2) is 11.6 Å². The molecule has 0 radical (unpaired) electrons. The number of aromatic amines is 1. The molecule has 19 heavy (non-hydrogen) atoms. The number of benzene rings is 1. The van der Waals surface area contributed by atoms with Crippen LogP contribution in [-0.2, 0) is 11.2 Å². The Balaban J connectivity index is 1.71. The molecule has 0 saturated heterocycles. The van der Waals surface area contributed by atoms with Gasteiger partial charge in [-0.2, -0.15) is 0 Å². The number of aromatic nitrogens is 2. The first-order valence-corrected chi connectivity index (χ1v) is 6.61. The fourth-order valence-electron chi connectivity index (χ4n) is 2.65. The molecular weight excluding hydrogens is 250 g/mol. The van der Waals surface area contributed by atoms with Gasteiger partial charge in [-0.25, -0.2) is 13.8 Å². The van der Waals surface area contributed by atoms with E-state index in [0.29, 0.717) is 17.5 Å². The molecule has 5 heteroatoms. The van der Waals surface area contributed by atoms with Crippen molar-refractivity contribution in [2.24, 2.45) is 5.92 Å². The van der Waals surface area contributed by atoms with Crippen molar-refractivity contribution in [2.75, 3.05) is 6.61 Å². The Bertz CT molecular complexity index is 590. The molecule has 0 bridgehead atoms. The first-order valence-electron chi connectivity index (χ1n) is 6.61. The van der Waals surface area contributed by atoms with Gasteiger partial charge < -0.3 is 9.72 Å². The number of imidazole rings is 1. The van der Waals surface area contributed by atoms with Gasteiger partial charge in [0.1, 0.15) is 11.3 Å². The number of ether oxygens (including phenoxy) is 1. The second-order valence-corrected chi connectivity index (χ2v) is 5.06. The van der Waals surface area contributed by atoms with Gasteiger partial charge in [0.2, 0.25) is 0 Å². The van der Waals surface area contributed by atoms with E-state index in [4.69, 9.17) is 4.74 Å². The predicted molar refractivity (Wildman–Crippen MR) is 67.9 cm³/mol. The van der Waals surface area contributed by atoms with Crippen LogP contribution in [0.1, 0.15) is 25.6 Å². The number of fused-ring (bicyclic) bond motifs is 1. The normalized spacial score (nSPS) is 22.7. The van der Waals surface area contributed by atoms with Crippen molar-refractivity contribution in [3.8, 4) is 0 Å². The van der Waals surface area contributed by atoms with E-state index in [1.54, 1.807) is 0 Å². The van der Waals surface area contributed by atoms with Crippen molar-refractivity contribution in [2.45, 2.75) is 32.3 Å². The summed E-state index contributed by atoms with van der Waals surface area (Å²) in [6.45, 7) is 2.73. The van der Waals surface area contributed by atoms with Crippen LogP contribution in [0.25, 0.3) is 11.0 Å². The summed E-state index contributed by atoms with van der Waals surface area (Å²) in [5.41, 5.74) is 0.644. The minimum Gasteiger partial charge on any atom is -0.378 e. The van der Waals surface area contributed by atoms with Crippen molar-refractivity contribution in [3.63, 3.8) is 0 Å². The zero-order valence-electron chi connectivity index (χ0n) is 10.7. The molecule has 1 N–H and O–H groups in total. The van der Waals surface area contributed by atoms with Crippen molar-refractivity contribution < 1.29 is 13.5 Å². The van der Waals surface area contributed by atoms with Crippen LogP contribution in [0.3, 0.4) is 0 Å². The molecule has 2 aromatic rings. The molecule has 0 aliphatic heterocycles. The summed E-state index contributed by atoms with van der Waals surface area (Å²) in [5, 5.41) is 0. The number of hydrogen-bond acceptors (Lipinski definition) is 2. The van der Waals surface area contributed by atoms with Crippen molar-refractivity contribution in [1.82, 2.24) is 9.97 Å². The van der Waals surface area contributed by atoms with Gasteiger partial charge in [-0.3, -0.25) is 0 Å². The lowest BCUT2D eigenvalue weighted by molar-refractivity contribution is -0.0244. The third kappa shape index (κ3) is 2.34. The zero-order valence-corrected chi connectivity index (χ0v) is 10.7. The molecule has 1 aromatic heterocycles. The Morgan fingerprint density at radius 2 is 2.16 bits per heavy atom. The minimum atomic E-state index is -0.874. The molecule has 1 aromatic carbocycles. The number of H-pyrrole nitrogens is 1. The highest BCUT2D eigenvalue weighted by Crippen LogP contribution is 2.32. The Kier molecular flexibility index (Phi) is 3.22. The maximum absolute atomic E-state index is 13.5. The summed E-state index contributed by atoms with van der Waals surface area (Å²) in [4.78, 5) is 7.21. The van der Waals surface area contributed by atoms with E-state index >= 15 is 0 Å². The molecule has 0 amide bonds. The topological polar surface area (TPSA) is 37.9 Å². The average Bonchev–Trinajstić information content (AvgIpc) is 2.75. The van der Waals surface area contributed by atoms with Crippen molar-refractivity contribution in [1.29, 1.82) is 0 Å². The fourth-order valence-corrected chi connectivity index (χ4v) is 2.65. The lowest BCUT2D eigenvalue weighted by Gasteiger charge is -2.34. The van der Waals surface area contributed by atoms with Crippen LogP contribution < -0.4 is 0 Å². The lowest BCUT2D eigenvalue weighted by Crippen LogP contribution is -2.32. The van der Waals surface area contributed by atoms with E-state index in [1.165, 1.54) is 6.07 Å². The predicted octanol–water partition coefficient (Wildman–Crippen LogP) is 3.20. The summed E-state index contributed by atoms with van der Waals surface area (Å²) < 4.78 is 32.1. The monoisotopic (exact) mass is 266 g/mol. The van der Waals surface area contributed by atoms with Crippen molar-refractivity contribution in [3.05, 3.63) is 29.6 Å². The van der Waals surface area contributed by atoms with Crippen LogP contribution in [0.5, 0.6) is 0 Å². The van der Waals surface area contributed by atoms with E-state index in [9.17, 15) is 8.78 Å². The standard InChI is InChI=1S/C14H16F2N2O/c1-2-19-9-5-8(6-9)7-12-17-11-4-3-10(15)13(16)14(11)18-12/h3-4,8-9H,2,5-7H2,1H3,(H,17,18). The zero-order chi connectivity index (χ0) is 13.4. The molecule has 102 valence electrons. The highest BCUT2D eigenvalue weighted by Gasteiger charge is 2.30. The number of nitrogens with zero attached hydrogens (tertiary/aromatic N) is 1. The number of rotatable bonds is 4. The summed E-state index contributed by atoms with van der Waals surface area (Å²) in [7, 11) is 0. The van der Waals surface area contributed by atoms with E-state index in [0.717, 1.165) is 37.8 Å². The van der Waals surface area contributed by atoms with Crippen LogP contribution in [0, 0.1) is 17.6 Å². The summed E-state index contributed by atoms with van der Waals surface area (Å²) in [5.74, 6) is -0.490. The first kappa shape index (κ1) is 12.5. The van der Waals surface area contributed by atoms with Gasteiger partial charge in [-0.05, 0) is 37.8 Å². The minimum absolute atomic E-state index is 0.0932. The van der Waals surface area contributed by atoms with Crippen LogP contribution in [0.4, 0.5) is 8.78 Å². The Labute approximate surface area is 110 Å². The van der Waals surface area contributed by atoms with E-state index < -0.39 is 11.6 Å². The van der Waals surface area contributed by atoms with Gasteiger partial charge in [-0.15, -0.1) is 0 Å². The van der Waals surface area contributed by atoms with Crippen molar-refractivity contribution >= 4 is 11.0 Å². The number of halogens is 2. The molecular formula is C14H16F2N2O. The molecule has 3 nitrogen and oxygen atoms in total. The van der Waals surface area contributed by atoms with E-state index in [-0.39, 0.29) is 5.52 Å². The maximum Gasteiger partial charge on any atom is 0.186 e. The Morgan fingerprint density at radius 1 is 1.37 bits per heavy atom. The second kappa shape index (κ2) is 4.89. The quantitative estimate of drug-likeness (QED) is 0.922. The Hall–Kier alpha value is -1.49. The molecule has 0 unspecified atom stereocenters. The smallest absolute Gasteiger partial charge is 0.186 e. The molecule has 1 fully saturated rings. The second-order valence-electron chi connectivity index (χ2n) is 5.06. The molecule has 1 aliphatic carbocycles. The molecule has 3 rings (SSSR count). The SMILES string of the molecule is CCOC1CC(Cc2nc3c(F)c(F)ccc3[nH]2)C1. The summed E-state index contributed by atoms with van der Waals surface area (Å²) in [6.07, 6.45) is 3.15. The van der Waals surface area contributed by atoms with E-state index in [2.05, 4.69) is 9.97 Å². The van der Waals surface area contributed by atoms with Crippen LogP contribution in [0.15, 0.2) is 12.1 Å². The Morgan fingerprint density at radius 3 is 2.89 bits per heavy atom. The van der Waals surface area contributed by atoms with Gasteiger partial charge in [0.25, 0.3) is 0 Å². The molecule has 1 heterocycles. The van der Waals surface area contributed by atoms with Gasteiger partial charge in [-0.1, -0.05) is 0 Å². The average molecular weight is 266 g/mol. The van der Waals surface area contributed by atoms with Gasteiger partial charge in [0.05, 0.1) is 11.6 Å². The third-order valence-electron chi connectivity index (χ3n) is 3.67. The number of nitrogens with one attached hydrogen (secondary N) is 1. The highest BCUT2D eigenvalue weighted by atomic mass is 19.2. The first-order chi connectivity index (χ1) is 9.17. The molecule has 1 saturated carbocycles. The summed E-state index contributed by atoms with van der Waals surface area (Å²) >= 11 is 0. The van der Waals surface area contributed by atoms with Gasteiger partial charge in [0, 0.05) is 13.0 Å².